The fourth-order valence-electron chi connectivity index (χ4n) is 2.67. The Morgan fingerprint density at radius 1 is 1.19 bits per heavy atom. The van der Waals surface area contributed by atoms with Crippen LogP contribution >= 0.6 is 11.3 Å². The number of nitrogens with zero attached hydrogens (tertiary/aromatic N) is 4. The smallest absolute Gasteiger partial charge is 0.192 e. The van der Waals surface area contributed by atoms with Gasteiger partial charge < -0.3 is 15.2 Å². The van der Waals surface area contributed by atoms with Crippen LogP contribution < -0.4 is 10.6 Å². The van der Waals surface area contributed by atoms with Crippen LogP contribution in [0, 0.1) is 13.8 Å². The summed E-state index contributed by atoms with van der Waals surface area (Å²) in [5.74, 6) is 2.49. The van der Waals surface area contributed by atoms with Gasteiger partial charge in [-0.1, -0.05) is 30.3 Å². The van der Waals surface area contributed by atoms with Gasteiger partial charge in [0.25, 0.3) is 0 Å². The first-order valence-electron chi connectivity index (χ1n) is 9.02. The second-order valence-corrected chi connectivity index (χ2v) is 7.55. The number of hydrogen-bond donors (Lipinski definition) is 2. The van der Waals surface area contributed by atoms with E-state index in [2.05, 4.69) is 70.4 Å². The maximum atomic E-state index is 4.74. The summed E-state index contributed by atoms with van der Waals surface area (Å²) in [6, 6.07) is 12.6. The molecule has 1 atom stereocenters. The van der Waals surface area contributed by atoms with Crippen LogP contribution in [0.2, 0.25) is 0 Å². The SMILES string of the molecule is Cc1ccsc1CNC(=NCc1nnc(C)n1C)NC(C)c1ccccc1. The highest BCUT2D eigenvalue weighted by Crippen LogP contribution is 2.15. The molecule has 0 amide bonds. The average molecular weight is 383 g/mol. The van der Waals surface area contributed by atoms with Gasteiger partial charge in [-0.3, -0.25) is 0 Å². The van der Waals surface area contributed by atoms with Crippen LogP contribution in [0.4, 0.5) is 0 Å². The molecule has 0 fully saturated rings. The monoisotopic (exact) mass is 382 g/mol. The fourth-order valence-corrected chi connectivity index (χ4v) is 3.52. The van der Waals surface area contributed by atoms with Crippen LogP contribution in [0.25, 0.3) is 0 Å². The van der Waals surface area contributed by atoms with Gasteiger partial charge in [-0.2, -0.15) is 0 Å². The van der Waals surface area contributed by atoms with E-state index in [9.17, 15) is 0 Å². The van der Waals surface area contributed by atoms with Gasteiger partial charge >= 0.3 is 0 Å². The van der Waals surface area contributed by atoms with Crippen molar-refractivity contribution in [2.45, 2.75) is 39.9 Å². The zero-order valence-electron chi connectivity index (χ0n) is 16.2. The van der Waals surface area contributed by atoms with E-state index in [1.54, 1.807) is 11.3 Å². The molecule has 0 saturated carbocycles. The molecular weight excluding hydrogens is 356 g/mol. The minimum atomic E-state index is 0.142. The molecule has 0 spiro atoms. The Bertz CT molecular complexity index is 896. The quantitative estimate of drug-likeness (QED) is 0.506. The summed E-state index contributed by atoms with van der Waals surface area (Å²) in [7, 11) is 1.96. The minimum absolute atomic E-state index is 0.142. The van der Waals surface area contributed by atoms with Crippen molar-refractivity contribution in [2.75, 3.05) is 0 Å². The second kappa shape index (κ2) is 8.81. The number of aliphatic imine (C=N–C) groups is 1. The molecule has 1 unspecified atom stereocenters. The van der Waals surface area contributed by atoms with Crippen LogP contribution in [-0.4, -0.2) is 20.7 Å². The van der Waals surface area contributed by atoms with Crippen LogP contribution in [0.1, 0.15) is 40.6 Å². The summed E-state index contributed by atoms with van der Waals surface area (Å²) in [6.45, 7) is 7.42. The number of thiophene rings is 1. The molecule has 142 valence electrons. The number of hydrogen-bond acceptors (Lipinski definition) is 4. The Morgan fingerprint density at radius 2 is 1.96 bits per heavy atom. The molecular formula is C20H26N6S. The normalized spacial score (nSPS) is 12.8. The summed E-state index contributed by atoms with van der Waals surface area (Å²) in [4.78, 5) is 6.05. The molecule has 6 nitrogen and oxygen atoms in total. The third kappa shape index (κ3) is 4.95. The van der Waals surface area contributed by atoms with Crippen molar-refractivity contribution in [1.29, 1.82) is 0 Å². The Hall–Kier alpha value is -2.67. The zero-order valence-corrected chi connectivity index (χ0v) is 17.0. The van der Waals surface area contributed by atoms with Gasteiger partial charge in [0.15, 0.2) is 11.8 Å². The highest BCUT2D eigenvalue weighted by molar-refractivity contribution is 7.10. The average Bonchev–Trinajstić information content (AvgIpc) is 3.24. The number of nitrogens with one attached hydrogen (secondary N) is 2. The van der Waals surface area contributed by atoms with E-state index < -0.39 is 0 Å². The molecule has 7 heteroatoms. The fraction of sp³-hybridized carbons (Fsp3) is 0.350. The van der Waals surface area contributed by atoms with Crippen molar-refractivity contribution in [1.82, 2.24) is 25.4 Å². The molecule has 2 aromatic heterocycles. The number of benzene rings is 1. The molecule has 3 aromatic rings. The first-order chi connectivity index (χ1) is 13.0. The standard InChI is InChI=1S/C20H26N6S/c1-14-10-11-27-18(14)12-21-20(22-13-19-25-24-16(3)26(19)4)23-15(2)17-8-6-5-7-9-17/h5-11,15H,12-13H2,1-4H3,(H2,21,22,23). The summed E-state index contributed by atoms with van der Waals surface area (Å²) in [6.07, 6.45) is 0. The first-order valence-corrected chi connectivity index (χ1v) is 9.90. The predicted octanol–water partition coefficient (Wildman–Crippen LogP) is 3.49. The largest absolute Gasteiger partial charge is 0.351 e. The molecule has 0 aliphatic heterocycles. The molecule has 0 aliphatic rings. The van der Waals surface area contributed by atoms with Crippen molar-refractivity contribution in [3.8, 4) is 0 Å². The van der Waals surface area contributed by atoms with E-state index in [-0.39, 0.29) is 6.04 Å². The third-order valence-electron chi connectivity index (χ3n) is 4.60. The van der Waals surface area contributed by atoms with Gasteiger partial charge in [0, 0.05) is 11.9 Å². The summed E-state index contributed by atoms with van der Waals surface area (Å²) < 4.78 is 1.96. The van der Waals surface area contributed by atoms with E-state index in [0.717, 1.165) is 24.2 Å². The second-order valence-electron chi connectivity index (χ2n) is 6.54. The Labute approximate surface area is 164 Å². The lowest BCUT2D eigenvalue weighted by Gasteiger charge is -2.18. The van der Waals surface area contributed by atoms with E-state index in [4.69, 9.17) is 4.99 Å². The number of rotatable bonds is 6. The molecule has 0 saturated heterocycles. The molecule has 27 heavy (non-hydrogen) atoms. The van der Waals surface area contributed by atoms with E-state index >= 15 is 0 Å². The third-order valence-corrected chi connectivity index (χ3v) is 5.62. The highest BCUT2D eigenvalue weighted by atomic mass is 32.1. The van der Waals surface area contributed by atoms with Crippen molar-refractivity contribution in [2.24, 2.45) is 12.0 Å². The van der Waals surface area contributed by atoms with Crippen molar-refractivity contribution in [3.63, 3.8) is 0 Å². The van der Waals surface area contributed by atoms with Crippen LogP contribution in [0.5, 0.6) is 0 Å². The lowest BCUT2D eigenvalue weighted by atomic mass is 10.1. The van der Waals surface area contributed by atoms with Gasteiger partial charge in [-0.25, -0.2) is 4.99 Å². The number of guanidine groups is 1. The Balaban J connectivity index is 1.73. The van der Waals surface area contributed by atoms with Crippen LogP contribution in [0.3, 0.4) is 0 Å². The van der Waals surface area contributed by atoms with Crippen LogP contribution in [-0.2, 0) is 20.1 Å². The molecule has 0 aliphatic carbocycles. The van der Waals surface area contributed by atoms with Gasteiger partial charge in [-0.05, 0) is 43.3 Å². The van der Waals surface area contributed by atoms with E-state index in [0.29, 0.717) is 6.54 Å². The predicted molar refractivity (Wildman–Crippen MR) is 111 cm³/mol. The van der Waals surface area contributed by atoms with Gasteiger partial charge in [-0.15, -0.1) is 21.5 Å². The Morgan fingerprint density at radius 3 is 2.59 bits per heavy atom. The molecule has 1 aromatic carbocycles. The van der Waals surface area contributed by atoms with Gasteiger partial charge in [0.1, 0.15) is 12.4 Å². The summed E-state index contributed by atoms with van der Waals surface area (Å²) in [5.41, 5.74) is 2.51. The highest BCUT2D eigenvalue weighted by Gasteiger charge is 2.10. The lowest BCUT2D eigenvalue weighted by molar-refractivity contribution is 0.677. The van der Waals surface area contributed by atoms with Crippen LogP contribution in [0.15, 0.2) is 46.8 Å². The molecule has 0 radical (unpaired) electrons. The van der Waals surface area contributed by atoms with E-state index in [1.807, 2.05) is 24.6 Å². The number of aryl methyl sites for hydroxylation is 2. The van der Waals surface area contributed by atoms with Crippen molar-refractivity contribution < 1.29 is 0 Å². The molecule has 2 heterocycles. The molecule has 0 bridgehead atoms. The Kier molecular flexibility index (Phi) is 6.24. The van der Waals surface area contributed by atoms with Crippen molar-refractivity contribution in [3.05, 3.63) is 69.4 Å². The van der Waals surface area contributed by atoms with Crippen molar-refractivity contribution >= 4 is 17.3 Å². The summed E-state index contributed by atoms with van der Waals surface area (Å²) >= 11 is 1.76. The minimum Gasteiger partial charge on any atom is -0.351 e. The molecule has 2 N–H and O–H groups in total. The maximum absolute atomic E-state index is 4.74. The topological polar surface area (TPSA) is 67.1 Å². The number of aromatic nitrogens is 3. The lowest BCUT2D eigenvalue weighted by Crippen LogP contribution is -2.38. The molecule has 3 rings (SSSR count). The zero-order chi connectivity index (χ0) is 19.2. The van der Waals surface area contributed by atoms with E-state index in [1.165, 1.54) is 16.0 Å². The summed E-state index contributed by atoms with van der Waals surface area (Å²) in [5, 5.41) is 17.4. The first kappa shape index (κ1) is 19.1. The van der Waals surface area contributed by atoms with Gasteiger partial charge in [0.05, 0.1) is 12.6 Å². The van der Waals surface area contributed by atoms with Gasteiger partial charge in [0.2, 0.25) is 0 Å². The maximum Gasteiger partial charge on any atom is 0.192 e.